The van der Waals surface area contributed by atoms with E-state index in [9.17, 15) is 13.6 Å². The van der Waals surface area contributed by atoms with Crippen LogP contribution in [0, 0.1) is 11.7 Å². The minimum Gasteiger partial charge on any atom is -0.320 e. The molecule has 6 nitrogen and oxygen atoms in total. The van der Waals surface area contributed by atoms with Gasteiger partial charge in [0, 0.05) is 49.4 Å². The molecule has 1 saturated carbocycles. The maximum Gasteiger partial charge on any atom is 0.263 e. The molecule has 4 aromatic rings. The number of anilines is 2. The number of rotatable bonds is 5. The molecule has 0 bridgehead atoms. The molecule has 40 heavy (non-hydrogen) atoms. The van der Waals surface area contributed by atoms with Crippen LogP contribution in [0.3, 0.4) is 0 Å². The van der Waals surface area contributed by atoms with Crippen LogP contribution in [0.5, 0.6) is 0 Å². The van der Waals surface area contributed by atoms with E-state index in [0.717, 1.165) is 25.1 Å². The SMILES string of the molecule is C[C@H]1CCCN(Cc2cc3c4c(ccc(F)c4c2)N(c2cccc(C4(c5nncn5C)CC(F)(F)C4)c2)C3=O)C1. The van der Waals surface area contributed by atoms with Crippen LogP contribution < -0.4 is 4.90 Å². The number of carbonyl (C=O) groups excluding carboxylic acids is 1. The molecular weight excluding hydrogens is 515 g/mol. The normalized spacial score (nSPS) is 21.7. The summed E-state index contributed by atoms with van der Waals surface area (Å²) in [6.45, 7) is 4.87. The highest BCUT2D eigenvalue weighted by Gasteiger charge is 2.60. The van der Waals surface area contributed by atoms with Crippen molar-refractivity contribution in [3.05, 3.63) is 83.2 Å². The maximum absolute atomic E-state index is 15.2. The zero-order valence-electron chi connectivity index (χ0n) is 22.5. The lowest BCUT2D eigenvalue weighted by atomic mass is 9.61. The average Bonchev–Trinajstić information content (AvgIpc) is 3.46. The Morgan fingerprint density at radius 3 is 2.65 bits per heavy atom. The third-order valence-corrected chi connectivity index (χ3v) is 8.84. The van der Waals surface area contributed by atoms with Crippen molar-refractivity contribution in [1.82, 2.24) is 19.7 Å². The molecule has 1 atom stereocenters. The van der Waals surface area contributed by atoms with E-state index < -0.39 is 11.3 Å². The van der Waals surface area contributed by atoms with E-state index >= 15 is 4.39 Å². The molecule has 0 spiro atoms. The number of hydrogen-bond donors (Lipinski definition) is 0. The number of halogens is 3. The first-order chi connectivity index (χ1) is 19.1. The minimum atomic E-state index is -2.81. The third kappa shape index (κ3) is 3.85. The molecule has 2 aliphatic heterocycles. The predicted octanol–water partition coefficient (Wildman–Crippen LogP) is 6.35. The number of alkyl halides is 2. The molecule has 3 aliphatic rings. The zero-order valence-corrected chi connectivity index (χ0v) is 22.5. The fourth-order valence-electron chi connectivity index (χ4n) is 7.09. The molecular formula is C31H30F3N5O. The van der Waals surface area contributed by atoms with Gasteiger partial charge in [-0.3, -0.25) is 14.6 Å². The first-order valence-corrected chi connectivity index (χ1v) is 13.8. The van der Waals surface area contributed by atoms with Crippen molar-refractivity contribution >= 4 is 28.1 Å². The average molecular weight is 546 g/mol. The van der Waals surface area contributed by atoms with Gasteiger partial charge in [0.05, 0.1) is 16.7 Å². The summed E-state index contributed by atoms with van der Waals surface area (Å²) in [5.41, 5.74) is 2.16. The van der Waals surface area contributed by atoms with Gasteiger partial charge in [0.15, 0.2) is 0 Å². The second kappa shape index (κ2) is 8.89. The van der Waals surface area contributed by atoms with E-state index in [0.29, 0.717) is 51.6 Å². The van der Waals surface area contributed by atoms with Crippen molar-refractivity contribution < 1.29 is 18.0 Å². The summed E-state index contributed by atoms with van der Waals surface area (Å²) in [6, 6.07) is 13.9. The minimum absolute atomic E-state index is 0.247. The number of aryl methyl sites for hydroxylation is 1. The molecule has 2 fully saturated rings. The number of benzene rings is 3. The maximum atomic E-state index is 15.2. The summed E-state index contributed by atoms with van der Waals surface area (Å²) < 4.78 is 45.5. The van der Waals surface area contributed by atoms with Gasteiger partial charge in [-0.05, 0) is 72.8 Å². The smallest absolute Gasteiger partial charge is 0.263 e. The highest BCUT2D eigenvalue weighted by atomic mass is 19.3. The molecule has 0 unspecified atom stereocenters. The quantitative estimate of drug-likeness (QED) is 0.294. The lowest BCUT2D eigenvalue weighted by Gasteiger charge is -2.46. The van der Waals surface area contributed by atoms with Gasteiger partial charge in [-0.15, -0.1) is 10.2 Å². The molecule has 9 heteroatoms. The number of hydrogen-bond acceptors (Lipinski definition) is 4. The number of aromatic nitrogens is 3. The summed E-state index contributed by atoms with van der Waals surface area (Å²) in [5.74, 6) is -2.35. The first-order valence-electron chi connectivity index (χ1n) is 13.8. The van der Waals surface area contributed by atoms with Gasteiger partial charge in [-0.1, -0.05) is 19.1 Å². The lowest BCUT2D eigenvalue weighted by Crippen LogP contribution is -2.51. The molecule has 1 amide bonds. The van der Waals surface area contributed by atoms with Crippen LogP contribution in [0.1, 0.15) is 59.9 Å². The van der Waals surface area contributed by atoms with Gasteiger partial charge in [-0.2, -0.15) is 0 Å². The van der Waals surface area contributed by atoms with E-state index in [2.05, 4.69) is 22.0 Å². The first kappa shape index (κ1) is 25.3. The fraction of sp³-hybridized carbons (Fsp3) is 0.387. The lowest BCUT2D eigenvalue weighted by molar-refractivity contribution is -0.116. The summed E-state index contributed by atoms with van der Waals surface area (Å²) in [5, 5.41) is 9.13. The van der Waals surface area contributed by atoms with Gasteiger partial charge in [0.25, 0.3) is 11.8 Å². The molecule has 1 aliphatic carbocycles. The highest BCUT2D eigenvalue weighted by molar-refractivity contribution is 6.28. The van der Waals surface area contributed by atoms with Crippen LogP contribution >= 0.6 is 0 Å². The van der Waals surface area contributed by atoms with Crippen molar-refractivity contribution in [2.75, 3.05) is 18.0 Å². The zero-order chi connectivity index (χ0) is 27.8. The molecule has 1 saturated heterocycles. The van der Waals surface area contributed by atoms with Crippen molar-refractivity contribution in [2.24, 2.45) is 13.0 Å². The van der Waals surface area contributed by atoms with E-state index in [1.165, 1.54) is 18.8 Å². The molecule has 1 aromatic heterocycles. The van der Waals surface area contributed by atoms with Crippen molar-refractivity contribution in [3.8, 4) is 0 Å². The van der Waals surface area contributed by atoms with Crippen LogP contribution in [0.15, 0.2) is 54.9 Å². The Balaban J connectivity index is 1.29. The highest BCUT2D eigenvalue weighted by Crippen LogP contribution is 2.57. The van der Waals surface area contributed by atoms with Crippen molar-refractivity contribution in [1.29, 1.82) is 0 Å². The van der Waals surface area contributed by atoms with Gasteiger partial charge in [0.2, 0.25) is 0 Å². The molecule has 3 aromatic carbocycles. The Labute approximate surface area is 230 Å². The Morgan fingerprint density at radius 2 is 1.93 bits per heavy atom. The Kier molecular flexibility index (Phi) is 5.62. The summed E-state index contributed by atoms with van der Waals surface area (Å²) in [4.78, 5) is 17.9. The van der Waals surface area contributed by atoms with Crippen molar-refractivity contribution in [2.45, 2.75) is 50.5 Å². The van der Waals surface area contributed by atoms with Gasteiger partial charge in [-0.25, -0.2) is 13.2 Å². The number of likely N-dealkylation sites (tertiary alicyclic amines) is 1. The second-order valence-corrected chi connectivity index (χ2v) is 11.9. The topological polar surface area (TPSA) is 54.3 Å². The number of carbonyl (C=O) groups is 1. The fourth-order valence-corrected chi connectivity index (χ4v) is 7.09. The van der Waals surface area contributed by atoms with Gasteiger partial charge >= 0.3 is 0 Å². The Morgan fingerprint density at radius 1 is 1.10 bits per heavy atom. The molecule has 0 N–H and O–H groups in total. The largest absolute Gasteiger partial charge is 0.320 e. The van der Waals surface area contributed by atoms with Crippen LogP contribution in [-0.2, 0) is 19.0 Å². The summed E-state index contributed by atoms with van der Waals surface area (Å²) >= 11 is 0. The second-order valence-electron chi connectivity index (χ2n) is 11.9. The standard InChI is InChI=1S/C31H30F3N5O/c1-19-5-4-10-38(14-19)15-20-11-23-25(32)8-9-26-27(23)24(12-20)28(40)39(26)22-7-3-6-21(13-22)30(16-31(33,34)17-30)29-36-35-18-37(29)2/h3,6-9,11-13,18-19H,4-5,10,14-17H2,1-2H3/t19-/m0/s1. The van der Waals surface area contributed by atoms with Gasteiger partial charge in [0.1, 0.15) is 18.0 Å². The Hall–Kier alpha value is -3.72. The van der Waals surface area contributed by atoms with E-state index in [-0.39, 0.29) is 24.6 Å². The Bertz CT molecular complexity index is 1660. The number of piperidine rings is 1. The van der Waals surface area contributed by atoms with Gasteiger partial charge < -0.3 is 4.57 Å². The third-order valence-electron chi connectivity index (χ3n) is 8.84. The predicted molar refractivity (Wildman–Crippen MR) is 146 cm³/mol. The van der Waals surface area contributed by atoms with E-state index in [4.69, 9.17) is 0 Å². The molecule has 0 radical (unpaired) electrons. The van der Waals surface area contributed by atoms with Crippen molar-refractivity contribution in [3.63, 3.8) is 0 Å². The number of nitrogens with zero attached hydrogens (tertiary/aromatic N) is 5. The summed E-state index contributed by atoms with van der Waals surface area (Å²) in [7, 11) is 1.75. The van der Waals surface area contributed by atoms with E-state index in [1.54, 1.807) is 46.8 Å². The summed E-state index contributed by atoms with van der Waals surface area (Å²) in [6.07, 6.45) is 3.08. The number of amides is 1. The monoisotopic (exact) mass is 545 g/mol. The molecule has 3 heterocycles. The van der Waals surface area contributed by atoms with E-state index in [1.807, 2.05) is 12.1 Å². The van der Waals surface area contributed by atoms with Crippen LogP contribution in [0.2, 0.25) is 0 Å². The molecule has 7 rings (SSSR count). The van der Waals surface area contributed by atoms with Crippen LogP contribution in [-0.4, -0.2) is 44.6 Å². The van der Waals surface area contributed by atoms with Crippen LogP contribution in [0.25, 0.3) is 10.8 Å². The molecule has 206 valence electrons. The van der Waals surface area contributed by atoms with Crippen LogP contribution in [0.4, 0.5) is 24.5 Å².